The lowest BCUT2D eigenvalue weighted by atomic mass is 10.0. The van der Waals surface area contributed by atoms with E-state index in [2.05, 4.69) is 9.97 Å². The first-order valence-corrected chi connectivity index (χ1v) is 16.5. The molecular formula is C38H28Cl2N4O8. The fourth-order valence-electron chi connectivity index (χ4n) is 5.70. The van der Waals surface area contributed by atoms with E-state index in [-0.39, 0.29) is 13.6 Å². The van der Waals surface area contributed by atoms with E-state index in [1.807, 2.05) is 85.0 Å². The first kappa shape index (κ1) is 34.5. The van der Waals surface area contributed by atoms with Crippen LogP contribution in [0.25, 0.3) is 68.6 Å². The van der Waals surface area contributed by atoms with Crippen LogP contribution < -0.4 is 9.47 Å². The highest BCUT2D eigenvalue weighted by Crippen LogP contribution is 2.37. The van der Waals surface area contributed by atoms with Crippen molar-refractivity contribution >= 4 is 81.5 Å². The maximum absolute atomic E-state index is 10.8. The first-order chi connectivity index (χ1) is 25.2. The lowest BCUT2D eigenvalue weighted by Crippen LogP contribution is -2.11. The summed E-state index contributed by atoms with van der Waals surface area (Å²) in [5.41, 5.74) is 8.00. The Hall–Kier alpha value is -5.92. The molecule has 0 unspecified atom stereocenters. The molecular weight excluding hydrogens is 711 g/mol. The molecule has 0 saturated heterocycles. The Morgan fingerprint density at radius 2 is 0.981 bits per heavy atom. The summed E-state index contributed by atoms with van der Waals surface area (Å²) in [6, 6.07) is 22.1. The van der Waals surface area contributed by atoms with Crippen LogP contribution in [0.15, 0.2) is 72.8 Å². The van der Waals surface area contributed by atoms with E-state index in [1.54, 1.807) is 12.1 Å². The number of fused-ring (bicyclic) bond motifs is 8. The summed E-state index contributed by atoms with van der Waals surface area (Å²) in [6.07, 6.45) is 7.42. The molecule has 0 fully saturated rings. The van der Waals surface area contributed by atoms with E-state index in [0.29, 0.717) is 66.4 Å². The minimum Gasteiger partial charge on any atom is -0.480 e. The summed E-state index contributed by atoms with van der Waals surface area (Å²) < 4.78 is 21.4. The molecule has 3 aromatic heterocycles. The molecule has 8 bridgehead atoms. The standard InChI is InChI=1S/C38H28Cl2N4O8/c39-37-29-11-7-25(41-29)35(21-3-1-5-23(15-21)51-19-49-17-33(45)46)26-8-12-30(42-26)38(40)32-14-10-28(44-32)36(27-9-13-31(37)43-27)22-4-2-6-24(16-22)52-20-50-18-34(47)48/h1-16,41,44H,17-20H2,(H,45,46)(H,47,48). The maximum Gasteiger partial charge on any atom is 0.329 e. The molecule has 2 aromatic carbocycles. The van der Waals surface area contributed by atoms with E-state index in [4.69, 9.17) is 62.3 Å². The predicted molar refractivity (Wildman–Crippen MR) is 198 cm³/mol. The van der Waals surface area contributed by atoms with Crippen molar-refractivity contribution in [3.63, 3.8) is 0 Å². The summed E-state index contributed by atoms with van der Waals surface area (Å²) in [4.78, 5) is 38.4. The van der Waals surface area contributed by atoms with Gasteiger partial charge in [0.2, 0.25) is 0 Å². The van der Waals surface area contributed by atoms with Gasteiger partial charge in [0.25, 0.3) is 0 Å². The topological polar surface area (TPSA) is 169 Å². The van der Waals surface area contributed by atoms with Crippen LogP contribution in [0.5, 0.6) is 11.5 Å². The van der Waals surface area contributed by atoms with E-state index < -0.39 is 25.2 Å². The number of aromatic nitrogens is 4. The van der Waals surface area contributed by atoms with Crippen LogP contribution in [0.2, 0.25) is 10.0 Å². The van der Waals surface area contributed by atoms with Crippen LogP contribution in [0, 0.1) is 0 Å². The molecule has 52 heavy (non-hydrogen) atoms. The van der Waals surface area contributed by atoms with Crippen LogP contribution in [0.3, 0.4) is 0 Å². The second kappa shape index (κ2) is 15.1. The van der Waals surface area contributed by atoms with Gasteiger partial charge in [0.05, 0.1) is 43.9 Å². The van der Waals surface area contributed by atoms with Crippen molar-refractivity contribution in [2.45, 2.75) is 0 Å². The molecule has 0 amide bonds. The number of H-pyrrole nitrogens is 2. The molecule has 5 heterocycles. The number of aliphatic carboxylic acids is 2. The highest BCUT2D eigenvalue weighted by atomic mass is 35.5. The SMILES string of the molecule is O=C(O)COCOc1cccc(-c2c3nc(c(Cl)c4ccc([nH]4)c(-c4cccc(OCOCC(=O)O)c4)c4nc(c(Cl)c5ccc2[nH]5)C=C4)C=C3)c1. The van der Waals surface area contributed by atoms with Crippen molar-refractivity contribution in [3.8, 4) is 33.8 Å². The van der Waals surface area contributed by atoms with E-state index in [9.17, 15) is 9.59 Å². The van der Waals surface area contributed by atoms with E-state index >= 15 is 0 Å². The molecule has 0 atom stereocenters. The number of ether oxygens (including phenoxy) is 4. The number of halogens is 2. The first-order valence-electron chi connectivity index (χ1n) is 15.8. The Labute approximate surface area is 305 Å². The Bertz CT molecular complexity index is 2270. The average Bonchev–Trinajstić information content (AvgIpc) is 3.97. The van der Waals surface area contributed by atoms with Crippen LogP contribution in [-0.4, -0.2) is 68.9 Å². The number of carboxylic acid groups (broad SMARTS) is 2. The zero-order valence-corrected chi connectivity index (χ0v) is 28.6. The molecule has 0 spiro atoms. The lowest BCUT2D eigenvalue weighted by molar-refractivity contribution is -0.145. The highest BCUT2D eigenvalue weighted by molar-refractivity contribution is 6.36. The van der Waals surface area contributed by atoms with Gasteiger partial charge in [-0.3, -0.25) is 0 Å². The third-order valence-electron chi connectivity index (χ3n) is 7.94. The second-order valence-corrected chi connectivity index (χ2v) is 12.2. The number of rotatable bonds is 12. The summed E-state index contributed by atoms with van der Waals surface area (Å²) in [6.45, 7) is -1.43. The Balaban J connectivity index is 1.39. The monoisotopic (exact) mass is 738 g/mol. The number of benzene rings is 2. The van der Waals surface area contributed by atoms with Crippen molar-refractivity contribution in [1.29, 1.82) is 0 Å². The minimum absolute atomic E-state index is 0.236. The molecule has 2 aliphatic heterocycles. The van der Waals surface area contributed by atoms with Gasteiger partial charge in [0.15, 0.2) is 13.6 Å². The Morgan fingerprint density at radius 3 is 1.40 bits per heavy atom. The van der Waals surface area contributed by atoms with Gasteiger partial charge in [0, 0.05) is 22.2 Å². The molecule has 4 N–H and O–H groups in total. The fraction of sp³-hybridized carbons (Fsp3) is 0.105. The number of nitrogens with zero attached hydrogens (tertiary/aromatic N) is 2. The molecule has 12 nitrogen and oxygen atoms in total. The van der Waals surface area contributed by atoms with Crippen LogP contribution in [0.1, 0.15) is 22.8 Å². The van der Waals surface area contributed by atoms with Gasteiger partial charge in [-0.1, -0.05) is 47.5 Å². The van der Waals surface area contributed by atoms with E-state index in [1.165, 1.54) is 0 Å². The normalized spacial score (nSPS) is 11.9. The van der Waals surface area contributed by atoms with Crippen LogP contribution >= 0.6 is 23.2 Å². The van der Waals surface area contributed by atoms with Gasteiger partial charge >= 0.3 is 11.9 Å². The third-order valence-corrected chi connectivity index (χ3v) is 8.73. The van der Waals surface area contributed by atoms with Gasteiger partial charge in [-0.15, -0.1) is 0 Å². The molecule has 0 radical (unpaired) electrons. The predicted octanol–water partition coefficient (Wildman–Crippen LogP) is 8.17. The van der Waals surface area contributed by atoms with Crippen molar-refractivity contribution < 1.29 is 38.7 Å². The third kappa shape index (κ3) is 7.55. The second-order valence-electron chi connectivity index (χ2n) is 11.4. The molecule has 5 aromatic rings. The van der Waals surface area contributed by atoms with Crippen LogP contribution in [0.4, 0.5) is 0 Å². The Kier molecular flexibility index (Phi) is 10.0. The molecule has 2 aliphatic rings. The number of nitrogens with one attached hydrogen (secondary N) is 2. The maximum atomic E-state index is 10.8. The molecule has 7 rings (SSSR count). The van der Waals surface area contributed by atoms with Crippen molar-refractivity contribution in [2.24, 2.45) is 0 Å². The van der Waals surface area contributed by atoms with Crippen molar-refractivity contribution in [2.75, 3.05) is 26.8 Å². The highest BCUT2D eigenvalue weighted by Gasteiger charge is 2.17. The smallest absolute Gasteiger partial charge is 0.329 e. The van der Waals surface area contributed by atoms with Gasteiger partial charge in [-0.05, 0) is 84.0 Å². The number of carboxylic acids is 2. The molecule has 0 saturated carbocycles. The molecule has 0 aliphatic carbocycles. The average molecular weight is 740 g/mol. The van der Waals surface area contributed by atoms with Crippen molar-refractivity contribution in [3.05, 3.63) is 106 Å². The zero-order valence-electron chi connectivity index (χ0n) is 27.1. The van der Waals surface area contributed by atoms with E-state index in [0.717, 1.165) is 22.3 Å². The molecule has 262 valence electrons. The quantitative estimate of drug-likeness (QED) is 0.0709. The zero-order chi connectivity index (χ0) is 36.2. The number of hydrogen-bond acceptors (Lipinski definition) is 8. The summed E-state index contributed by atoms with van der Waals surface area (Å²) in [5.74, 6) is -1.24. The van der Waals surface area contributed by atoms with Gasteiger partial charge in [0.1, 0.15) is 24.7 Å². The van der Waals surface area contributed by atoms with Gasteiger partial charge in [-0.25, -0.2) is 19.6 Å². The summed E-state index contributed by atoms with van der Waals surface area (Å²) in [7, 11) is 0. The van der Waals surface area contributed by atoms with Gasteiger partial charge < -0.3 is 39.1 Å². The Morgan fingerprint density at radius 1 is 0.577 bits per heavy atom. The minimum atomic E-state index is -1.09. The van der Waals surface area contributed by atoms with Gasteiger partial charge in [-0.2, -0.15) is 0 Å². The summed E-state index contributed by atoms with van der Waals surface area (Å²) >= 11 is 14.0. The number of aromatic amines is 2. The number of hydrogen-bond donors (Lipinski definition) is 4. The molecule has 14 heteroatoms. The fourth-order valence-corrected chi connectivity index (χ4v) is 6.14. The van der Waals surface area contributed by atoms with Crippen molar-refractivity contribution in [1.82, 2.24) is 19.9 Å². The summed E-state index contributed by atoms with van der Waals surface area (Å²) in [5, 5.41) is 18.5. The largest absolute Gasteiger partial charge is 0.480 e. The number of carbonyl (C=O) groups is 2. The lowest BCUT2D eigenvalue weighted by Gasteiger charge is -2.09. The van der Waals surface area contributed by atoms with Crippen LogP contribution in [-0.2, 0) is 19.1 Å².